The van der Waals surface area contributed by atoms with Crippen molar-refractivity contribution in [3.63, 3.8) is 0 Å². The third kappa shape index (κ3) is 3.83. The number of rotatable bonds is 6. The van der Waals surface area contributed by atoms with Crippen molar-refractivity contribution in [3.8, 4) is 0 Å². The maximum Gasteiger partial charge on any atom is 0.0366 e. The molecule has 1 rings (SSSR count). The summed E-state index contributed by atoms with van der Waals surface area (Å²) in [6.07, 6.45) is 0. The van der Waals surface area contributed by atoms with E-state index in [0.29, 0.717) is 0 Å². The summed E-state index contributed by atoms with van der Waals surface area (Å²) in [7, 11) is 4.01. The fourth-order valence-corrected chi connectivity index (χ4v) is 1.66. The molecule has 0 fully saturated rings. The van der Waals surface area contributed by atoms with Crippen LogP contribution in [0.5, 0.6) is 0 Å². The van der Waals surface area contributed by atoms with Crippen LogP contribution in [0.4, 0.5) is 5.69 Å². The van der Waals surface area contributed by atoms with Crippen molar-refractivity contribution in [1.29, 1.82) is 0 Å². The summed E-state index contributed by atoms with van der Waals surface area (Å²) in [4.78, 5) is 2.35. The van der Waals surface area contributed by atoms with Gasteiger partial charge in [-0.1, -0.05) is 12.1 Å². The molecule has 0 spiro atoms. The molecule has 0 aliphatic carbocycles. The number of benzene rings is 1. The second-order valence-electron chi connectivity index (χ2n) is 4.07. The van der Waals surface area contributed by atoms with Gasteiger partial charge in [0.05, 0.1) is 0 Å². The Morgan fingerprint density at radius 3 is 2.00 bits per heavy atom. The molecule has 0 amide bonds. The van der Waals surface area contributed by atoms with Crippen LogP contribution in [0.15, 0.2) is 24.3 Å². The smallest absolute Gasteiger partial charge is 0.0366 e. The van der Waals surface area contributed by atoms with E-state index in [4.69, 9.17) is 0 Å². The van der Waals surface area contributed by atoms with Gasteiger partial charge in [0.15, 0.2) is 0 Å². The summed E-state index contributed by atoms with van der Waals surface area (Å²) in [6.45, 7) is 7.37. The van der Waals surface area contributed by atoms with Gasteiger partial charge in [-0.05, 0) is 31.5 Å². The third-order valence-electron chi connectivity index (χ3n) is 2.66. The van der Waals surface area contributed by atoms with Gasteiger partial charge >= 0.3 is 0 Å². The molecule has 0 aliphatic rings. The summed E-state index contributed by atoms with van der Waals surface area (Å²) in [6, 6.07) is 8.76. The lowest BCUT2D eigenvalue weighted by Crippen LogP contribution is -2.29. The number of hydrazine groups is 1. The van der Waals surface area contributed by atoms with Crippen molar-refractivity contribution < 1.29 is 0 Å². The summed E-state index contributed by atoms with van der Waals surface area (Å²) in [5.74, 6) is 0. The maximum atomic E-state index is 3.26. The highest BCUT2D eigenvalue weighted by Crippen LogP contribution is 2.14. The van der Waals surface area contributed by atoms with Crippen LogP contribution in [0.2, 0.25) is 0 Å². The van der Waals surface area contributed by atoms with Crippen molar-refractivity contribution in [2.45, 2.75) is 20.4 Å². The molecule has 0 saturated carbocycles. The Morgan fingerprint density at radius 2 is 1.56 bits per heavy atom. The van der Waals surface area contributed by atoms with E-state index in [-0.39, 0.29) is 0 Å². The zero-order valence-corrected chi connectivity index (χ0v) is 10.8. The molecule has 1 N–H and O–H groups in total. The molecule has 0 saturated heterocycles. The van der Waals surface area contributed by atoms with E-state index < -0.39 is 0 Å². The topological polar surface area (TPSA) is 18.5 Å². The zero-order valence-electron chi connectivity index (χ0n) is 10.8. The first-order valence-corrected chi connectivity index (χ1v) is 5.92. The summed E-state index contributed by atoms with van der Waals surface area (Å²) in [5, 5.41) is 1.97. The van der Waals surface area contributed by atoms with Crippen LogP contribution in [0.1, 0.15) is 19.4 Å². The number of anilines is 1. The van der Waals surface area contributed by atoms with Gasteiger partial charge < -0.3 is 4.90 Å². The van der Waals surface area contributed by atoms with Gasteiger partial charge in [-0.2, -0.15) is 0 Å². The van der Waals surface area contributed by atoms with Crippen molar-refractivity contribution >= 4 is 5.69 Å². The minimum atomic E-state index is 0.880. The molecular weight excluding hydrogens is 198 g/mol. The summed E-state index contributed by atoms with van der Waals surface area (Å²) in [5.41, 5.74) is 5.87. The molecule has 16 heavy (non-hydrogen) atoms. The van der Waals surface area contributed by atoms with E-state index in [1.54, 1.807) is 0 Å². The van der Waals surface area contributed by atoms with Gasteiger partial charge in [0.2, 0.25) is 0 Å². The van der Waals surface area contributed by atoms with E-state index in [9.17, 15) is 0 Å². The normalized spacial score (nSPS) is 10.8. The molecule has 1 aromatic carbocycles. The molecular formula is C13H23N3. The van der Waals surface area contributed by atoms with Crippen LogP contribution in [-0.2, 0) is 6.54 Å². The van der Waals surface area contributed by atoms with E-state index in [1.165, 1.54) is 11.3 Å². The number of hydrogen-bond donors (Lipinski definition) is 1. The number of hydrogen-bond acceptors (Lipinski definition) is 3. The number of nitrogens with zero attached hydrogens (tertiary/aromatic N) is 2. The minimum Gasteiger partial charge on any atom is -0.372 e. The lowest BCUT2D eigenvalue weighted by Gasteiger charge is -2.21. The summed E-state index contributed by atoms with van der Waals surface area (Å²) < 4.78 is 0. The largest absolute Gasteiger partial charge is 0.372 e. The first-order valence-electron chi connectivity index (χ1n) is 5.92. The number of nitrogens with one attached hydrogen (secondary N) is 1. The minimum absolute atomic E-state index is 0.880. The molecule has 0 atom stereocenters. The van der Waals surface area contributed by atoms with Gasteiger partial charge in [0.25, 0.3) is 0 Å². The lowest BCUT2D eigenvalue weighted by atomic mass is 10.2. The van der Waals surface area contributed by atoms with Gasteiger partial charge in [0, 0.05) is 39.4 Å². The van der Waals surface area contributed by atoms with Crippen molar-refractivity contribution in [2.75, 3.05) is 32.1 Å². The fourth-order valence-electron chi connectivity index (χ4n) is 1.66. The molecule has 0 radical (unpaired) electrons. The molecule has 3 nitrogen and oxygen atoms in total. The third-order valence-corrected chi connectivity index (χ3v) is 2.66. The molecule has 0 aromatic heterocycles. The Labute approximate surface area is 99.0 Å². The zero-order chi connectivity index (χ0) is 12.0. The predicted octanol–water partition coefficient (Wildman–Crippen LogP) is 2.10. The maximum absolute atomic E-state index is 3.26. The molecule has 0 aliphatic heterocycles. The van der Waals surface area contributed by atoms with Crippen molar-refractivity contribution in [2.24, 2.45) is 0 Å². The monoisotopic (exact) mass is 221 g/mol. The highest BCUT2D eigenvalue weighted by Gasteiger charge is 2.01. The molecule has 90 valence electrons. The molecule has 0 bridgehead atoms. The fraction of sp³-hybridized carbons (Fsp3) is 0.538. The average molecular weight is 221 g/mol. The SMILES string of the molecule is CCN(CC)c1ccc(CNN(C)C)cc1. The van der Waals surface area contributed by atoms with E-state index in [0.717, 1.165) is 19.6 Å². The molecule has 1 aromatic rings. The Kier molecular flexibility index (Phi) is 5.29. The van der Waals surface area contributed by atoms with Crippen LogP contribution in [0.3, 0.4) is 0 Å². The Bertz CT molecular complexity index is 289. The summed E-state index contributed by atoms with van der Waals surface area (Å²) >= 11 is 0. The van der Waals surface area contributed by atoms with Gasteiger partial charge in [0.1, 0.15) is 0 Å². The Hall–Kier alpha value is -1.06. The second kappa shape index (κ2) is 6.51. The Balaban J connectivity index is 2.60. The van der Waals surface area contributed by atoms with Crippen molar-refractivity contribution in [1.82, 2.24) is 10.4 Å². The lowest BCUT2D eigenvalue weighted by molar-refractivity contribution is 0.286. The standard InChI is InChI=1S/C13H23N3/c1-5-16(6-2)13-9-7-12(8-10-13)11-14-15(3)4/h7-10,14H,5-6,11H2,1-4H3. The Morgan fingerprint density at radius 1 is 1.00 bits per heavy atom. The van der Waals surface area contributed by atoms with Gasteiger partial charge in [-0.25, -0.2) is 0 Å². The highest BCUT2D eigenvalue weighted by atomic mass is 15.5. The first-order chi connectivity index (χ1) is 7.67. The van der Waals surface area contributed by atoms with Crippen LogP contribution in [-0.4, -0.2) is 32.2 Å². The first kappa shape index (κ1) is 13.0. The molecule has 3 heteroatoms. The molecule has 0 unspecified atom stereocenters. The van der Waals surface area contributed by atoms with Crippen LogP contribution in [0, 0.1) is 0 Å². The van der Waals surface area contributed by atoms with E-state index in [2.05, 4.69) is 48.4 Å². The van der Waals surface area contributed by atoms with Gasteiger partial charge in [-0.15, -0.1) is 0 Å². The van der Waals surface area contributed by atoms with Crippen molar-refractivity contribution in [3.05, 3.63) is 29.8 Å². The average Bonchev–Trinajstić information content (AvgIpc) is 2.29. The van der Waals surface area contributed by atoms with Crippen LogP contribution in [0.25, 0.3) is 0 Å². The van der Waals surface area contributed by atoms with E-state index in [1.807, 2.05) is 19.1 Å². The van der Waals surface area contributed by atoms with Crippen LogP contribution < -0.4 is 10.3 Å². The van der Waals surface area contributed by atoms with E-state index >= 15 is 0 Å². The predicted molar refractivity (Wildman–Crippen MR) is 70.5 cm³/mol. The quantitative estimate of drug-likeness (QED) is 0.742. The second-order valence-corrected chi connectivity index (χ2v) is 4.07. The van der Waals surface area contributed by atoms with Gasteiger partial charge in [-0.3, -0.25) is 10.4 Å². The molecule has 0 heterocycles. The van der Waals surface area contributed by atoms with Crippen LogP contribution >= 0.6 is 0 Å². The highest BCUT2D eigenvalue weighted by molar-refractivity contribution is 5.47.